The highest BCUT2D eigenvalue weighted by Crippen LogP contribution is 2.39. The molecule has 6 nitrogen and oxygen atoms in total. The van der Waals surface area contributed by atoms with Gasteiger partial charge in [-0.15, -0.1) is 0 Å². The lowest BCUT2D eigenvalue weighted by atomic mass is 9.76. The molecule has 3 aromatic heterocycles. The zero-order valence-corrected chi connectivity index (χ0v) is 14.4. The van der Waals surface area contributed by atoms with Crippen molar-refractivity contribution in [2.45, 2.75) is 18.3 Å². The van der Waals surface area contributed by atoms with E-state index >= 15 is 0 Å². The van der Waals surface area contributed by atoms with Crippen LogP contribution in [0.5, 0.6) is 0 Å². The summed E-state index contributed by atoms with van der Waals surface area (Å²) in [4.78, 5) is 13.3. The molecule has 4 rings (SSSR count). The Balaban J connectivity index is 1.77. The fourth-order valence-electron chi connectivity index (χ4n) is 3.00. The van der Waals surface area contributed by atoms with Crippen molar-refractivity contribution in [1.29, 1.82) is 0 Å². The average molecular weight is 387 g/mol. The van der Waals surface area contributed by atoms with Crippen LogP contribution in [0.15, 0.2) is 51.9 Å². The van der Waals surface area contributed by atoms with Gasteiger partial charge in [-0.1, -0.05) is 5.16 Å². The van der Waals surface area contributed by atoms with Crippen LogP contribution in [0.2, 0.25) is 0 Å². The van der Waals surface area contributed by atoms with E-state index in [1.807, 2.05) is 24.3 Å². The summed E-state index contributed by atoms with van der Waals surface area (Å²) in [6.07, 6.45) is 6.77. The van der Waals surface area contributed by atoms with Gasteiger partial charge in [0.2, 0.25) is 0 Å². The number of hydrogen-bond acceptors (Lipinski definition) is 6. The van der Waals surface area contributed by atoms with E-state index in [1.54, 1.807) is 18.6 Å². The summed E-state index contributed by atoms with van der Waals surface area (Å²) in [5, 5.41) is 4.27. The molecule has 1 aliphatic heterocycles. The molecule has 0 spiro atoms. The molecule has 0 N–H and O–H groups in total. The summed E-state index contributed by atoms with van der Waals surface area (Å²) in [6, 6.07) is 7.71. The third-order valence-corrected chi connectivity index (χ3v) is 4.81. The Morgan fingerprint density at radius 3 is 2.54 bits per heavy atom. The summed E-state index contributed by atoms with van der Waals surface area (Å²) in [5.41, 5.74) is 1.42. The molecule has 7 heteroatoms. The van der Waals surface area contributed by atoms with Crippen LogP contribution in [-0.4, -0.2) is 33.3 Å². The van der Waals surface area contributed by atoms with Crippen molar-refractivity contribution in [1.82, 2.24) is 20.1 Å². The number of ether oxygens (including phenoxy) is 1. The minimum Gasteiger partial charge on any atom is -0.381 e. The Hall–Kier alpha value is -2.12. The van der Waals surface area contributed by atoms with Gasteiger partial charge in [-0.3, -0.25) is 9.97 Å². The lowest BCUT2D eigenvalue weighted by Gasteiger charge is -2.33. The molecule has 1 fully saturated rings. The number of pyridine rings is 2. The second-order valence-corrected chi connectivity index (χ2v) is 6.63. The first-order chi connectivity index (χ1) is 11.8. The maximum Gasteiger partial charge on any atom is 0.258 e. The molecule has 0 unspecified atom stereocenters. The van der Waals surface area contributed by atoms with E-state index < -0.39 is 0 Å². The standard InChI is InChI=1S/C17H15BrN4O2/c18-13-1-2-14(20-11-13)17(5-9-23-10-6-17)16-21-15(24-22-16)12-3-7-19-8-4-12/h1-4,7-8,11H,5-6,9-10H2. The highest BCUT2D eigenvalue weighted by Gasteiger charge is 2.42. The normalized spacial score (nSPS) is 16.9. The first kappa shape index (κ1) is 15.4. The van der Waals surface area contributed by atoms with Crippen molar-refractivity contribution in [2.24, 2.45) is 0 Å². The third kappa shape index (κ3) is 2.74. The fraction of sp³-hybridized carbons (Fsp3) is 0.294. The Morgan fingerprint density at radius 2 is 1.83 bits per heavy atom. The van der Waals surface area contributed by atoms with Gasteiger partial charge in [-0.2, -0.15) is 4.98 Å². The van der Waals surface area contributed by atoms with Crippen LogP contribution in [0.1, 0.15) is 24.4 Å². The average Bonchev–Trinajstić information content (AvgIpc) is 3.14. The van der Waals surface area contributed by atoms with Crippen molar-refractivity contribution < 1.29 is 9.26 Å². The zero-order valence-electron chi connectivity index (χ0n) is 12.9. The first-order valence-corrected chi connectivity index (χ1v) is 8.52. The van der Waals surface area contributed by atoms with E-state index in [9.17, 15) is 0 Å². The van der Waals surface area contributed by atoms with Gasteiger partial charge in [0.05, 0.1) is 11.1 Å². The Bertz CT molecular complexity index is 814. The number of rotatable bonds is 3. The summed E-state index contributed by atoms with van der Waals surface area (Å²) in [5.74, 6) is 1.16. The van der Waals surface area contributed by atoms with Crippen molar-refractivity contribution in [2.75, 3.05) is 13.2 Å². The molecule has 24 heavy (non-hydrogen) atoms. The molecule has 0 amide bonds. The lowest BCUT2D eigenvalue weighted by Crippen LogP contribution is -2.36. The number of halogens is 1. The van der Waals surface area contributed by atoms with Crippen LogP contribution < -0.4 is 0 Å². The summed E-state index contributed by atoms with van der Waals surface area (Å²) in [6.45, 7) is 1.30. The van der Waals surface area contributed by atoms with E-state index in [1.165, 1.54) is 0 Å². The van der Waals surface area contributed by atoms with Crippen LogP contribution in [0.4, 0.5) is 0 Å². The van der Waals surface area contributed by atoms with Gasteiger partial charge in [-0.05, 0) is 53.0 Å². The van der Waals surface area contributed by atoms with Gasteiger partial charge in [0.25, 0.3) is 5.89 Å². The molecule has 0 radical (unpaired) electrons. The van der Waals surface area contributed by atoms with E-state index in [0.717, 1.165) is 28.6 Å². The Morgan fingerprint density at radius 1 is 1.04 bits per heavy atom. The maximum absolute atomic E-state index is 5.55. The Kier molecular flexibility index (Phi) is 4.12. The molecule has 0 aromatic carbocycles. The van der Waals surface area contributed by atoms with Crippen molar-refractivity contribution >= 4 is 15.9 Å². The van der Waals surface area contributed by atoms with E-state index in [2.05, 4.69) is 36.0 Å². The highest BCUT2D eigenvalue weighted by atomic mass is 79.9. The molecule has 0 saturated carbocycles. The topological polar surface area (TPSA) is 73.9 Å². The number of hydrogen-bond donors (Lipinski definition) is 0. The van der Waals surface area contributed by atoms with Crippen LogP contribution in [-0.2, 0) is 10.2 Å². The fourth-order valence-corrected chi connectivity index (χ4v) is 3.24. The minimum absolute atomic E-state index is 0.381. The smallest absolute Gasteiger partial charge is 0.258 e. The van der Waals surface area contributed by atoms with Crippen LogP contribution in [0.25, 0.3) is 11.5 Å². The van der Waals surface area contributed by atoms with E-state index in [4.69, 9.17) is 9.26 Å². The summed E-state index contributed by atoms with van der Waals surface area (Å²) in [7, 11) is 0. The second kappa shape index (κ2) is 6.41. The predicted octanol–water partition coefficient (Wildman–Crippen LogP) is 3.39. The zero-order chi connectivity index (χ0) is 16.4. The predicted molar refractivity (Wildman–Crippen MR) is 90.3 cm³/mol. The van der Waals surface area contributed by atoms with Crippen LogP contribution in [0.3, 0.4) is 0 Å². The lowest BCUT2D eigenvalue weighted by molar-refractivity contribution is 0.0584. The van der Waals surface area contributed by atoms with Gasteiger partial charge < -0.3 is 9.26 Å². The molecular weight excluding hydrogens is 372 g/mol. The molecule has 0 atom stereocenters. The highest BCUT2D eigenvalue weighted by molar-refractivity contribution is 9.10. The van der Waals surface area contributed by atoms with Gasteiger partial charge in [-0.25, -0.2) is 0 Å². The third-order valence-electron chi connectivity index (χ3n) is 4.35. The van der Waals surface area contributed by atoms with E-state index in [-0.39, 0.29) is 5.41 Å². The molecule has 1 aliphatic rings. The van der Waals surface area contributed by atoms with Gasteiger partial charge >= 0.3 is 0 Å². The SMILES string of the molecule is Brc1ccc(C2(c3noc(-c4ccncc4)n3)CCOCC2)nc1. The second-order valence-electron chi connectivity index (χ2n) is 5.72. The molecular formula is C17H15BrN4O2. The van der Waals surface area contributed by atoms with Crippen molar-refractivity contribution in [3.05, 3.63) is 58.8 Å². The molecule has 0 aliphatic carbocycles. The van der Waals surface area contributed by atoms with Crippen LogP contribution in [0, 0.1) is 0 Å². The van der Waals surface area contributed by atoms with Gasteiger partial charge in [0, 0.05) is 41.8 Å². The van der Waals surface area contributed by atoms with Gasteiger partial charge in [0.15, 0.2) is 5.82 Å². The Labute approximate surface area is 147 Å². The quantitative estimate of drug-likeness (QED) is 0.686. The minimum atomic E-state index is -0.381. The van der Waals surface area contributed by atoms with Crippen molar-refractivity contribution in [3.63, 3.8) is 0 Å². The first-order valence-electron chi connectivity index (χ1n) is 7.72. The van der Waals surface area contributed by atoms with E-state index in [0.29, 0.717) is 24.9 Å². The molecule has 122 valence electrons. The largest absolute Gasteiger partial charge is 0.381 e. The molecule has 3 aromatic rings. The molecule has 0 bridgehead atoms. The summed E-state index contributed by atoms with van der Waals surface area (Å²) < 4.78 is 12.0. The molecule has 1 saturated heterocycles. The van der Waals surface area contributed by atoms with Crippen LogP contribution >= 0.6 is 15.9 Å². The summed E-state index contributed by atoms with van der Waals surface area (Å²) >= 11 is 3.44. The van der Waals surface area contributed by atoms with Crippen molar-refractivity contribution in [3.8, 4) is 11.5 Å². The number of nitrogens with zero attached hydrogens (tertiary/aromatic N) is 4. The monoisotopic (exact) mass is 386 g/mol. The molecule has 4 heterocycles. The number of aromatic nitrogens is 4. The van der Waals surface area contributed by atoms with Gasteiger partial charge in [0.1, 0.15) is 0 Å². The maximum atomic E-state index is 5.55.